The fourth-order valence-corrected chi connectivity index (χ4v) is 4.46. The highest BCUT2D eigenvalue weighted by Crippen LogP contribution is 2.19. The molecule has 12 nitrogen and oxygen atoms in total. The smallest absolute Gasteiger partial charge is 0.326 e. The van der Waals surface area contributed by atoms with E-state index in [1.165, 1.54) is 0 Å². The van der Waals surface area contributed by atoms with Crippen molar-refractivity contribution in [2.45, 2.75) is 56.3 Å². The van der Waals surface area contributed by atoms with Gasteiger partial charge in [0.25, 0.3) is 0 Å². The van der Waals surface area contributed by atoms with E-state index in [-0.39, 0.29) is 19.3 Å². The first kappa shape index (κ1) is 31.3. The number of benzene rings is 2. The molecule has 3 amide bonds. The molecule has 0 aliphatic rings. The van der Waals surface area contributed by atoms with E-state index in [0.717, 1.165) is 22.0 Å². The maximum atomic E-state index is 13.4. The topological polar surface area (TPSA) is 213 Å². The number of hydrogen-bond donors (Lipinski definition) is 8. The molecule has 4 atom stereocenters. The van der Waals surface area contributed by atoms with Gasteiger partial charge in [-0.1, -0.05) is 48.5 Å². The highest BCUT2D eigenvalue weighted by atomic mass is 16.4. The molecule has 1 aromatic heterocycles. The SMILES string of the molecule is NCCCCC(NC(=O)C(CO)NC(=O)C(Cc1c[nH]c2ccccc12)NC(=O)C(N)Cc1ccccc1)C(=O)O. The van der Waals surface area contributed by atoms with Crippen LogP contribution in [0.25, 0.3) is 10.9 Å². The molecule has 4 unspecified atom stereocenters. The summed E-state index contributed by atoms with van der Waals surface area (Å²) >= 11 is 0. The van der Waals surface area contributed by atoms with Gasteiger partial charge >= 0.3 is 5.97 Å². The number of H-pyrrole nitrogens is 1. The number of aliphatic hydroxyl groups excluding tert-OH is 1. The minimum Gasteiger partial charge on any atom is -0.480 e. The number of aromatic nitrogens is 1. The highest BCUT2D eigenvalue weighted by molar-refractivity contribution is 5.95. The van der Waals surface area contributed by atoms with Crippen LogP contribution in [-0.2, 0) is 32.0 Å². The number of para-hydroxylation sites is 1. The predicted octanol–water partition coefficient (Wildman–Crippen LogP) is -0.0593. The van der Waals surface area contributed by atoms with Crippen molar-refractivity contribution in [3.63, 3.8) is 0 Å². The fraction of sp³-hybridized carbons (Fsp3) is 0.379. The zero-order valence-corrected chi connectivity index (χ0v) is 22.7. The van der Waals surface area contributed by atoms with Gasteiger partial charge in [-0.25, -0.2) is 4.79 Å². The van der Waals surface area contributed by atoms with Crippen LogP contribution in [0.15, 0.2) is 60.8 Å². The second-order valence-corrected chi connectivity index (χ2v) is 9.85. The lowest BCUT2D eigenvalue weighted by molar-refractivity contribution is -0.142. The lowest BCUT2D eigenvalue weighted by Gasteiger charge is -2.24. The average Bonchev–Trinajstić information content (AvgIpc) is 3.37. The van der Waals surface area contributed by atoms with Crippen molar-refractivity contribution < 1.29 is 29.4 Å². The molecule has 0 bridgehead atoms. The molecule has 0 fully saturated rings. The van der Waals surface area contributed by atoms with Gasteiger partial charge in [0.1, 0.15) is 18.1 Å². The van der Waals surface area contributed by atoms with Crippen LogP contribution in [0, 0.1) is 0 Å². The zero-order valence-electron chi connectivity index (χ0n) is 22.7. The summed E-state index contributed by atoms with van der Waals surface area (Å²) in [6.07, 6.45) is 3.25. The minimum atomic E-state index is -1.45. The first-order chi connectivity index (χ1) is 19.7. The van der Waals surface area contributed by atoms with Crippen LogP contribution in [0.1, 0.15) is 30.4 Å². The number of unbranched alkanes of at least 4 members (excludes halogenated alkanes) is 1. The summed E-state index contributed by atoms with van der Waals surface area (Å²) in [5.41, 5.74) is 14.1. The molecule has 0 aliphatic heterocycles. The van der Waals surface area contributed by atoms with Gasteiger partial charge in [0, 0.05) is 23.5 Å². The first-order valence-electron chi connectivity index (χ1n) is 13.5. The molecule has 12 heteroatoms. The molecule has 41 heavy (non-hydrogen) atoms. The maximum Gasteiger partial charge on any atom is 0.326 e. The molecular weight excluding hydrogens is 528 g/mol. The van der Waals surface area contributed by atoms with Gasteiger partial charge in [-0.05, 0) is 49.4 Å². The molecule has 2 aromatic carbocycles. The van der Waals surface area contributed by atoms with E-state index in [1.807, 2.05) is 54.6 Å². The summed E-state index contributed by atoms with van der Waals surface area (Å²) in [6.45, 7) is -0.401. The molecule has 0 aliphatic carbocycles. The van der Waals surface area contributed by atoms with Crippen LogP contribution in [-0.4, -0.2) is 76.2 Å². The van der Waals surface area contributed by atoms with E-state index in [2.05, 4.69) is 20.9 Å². The Morgan fingerprint density at radius 3 is 2.12 bits per heavy atom. The van der Waals surface area contributed by atoms with E-state index in [4.69, 9.17) is 11.5 Å². The van der Waals surface area contributed by atoms with Crippen molar-refractivity contribution in [1.82, 2.24) is 20.9 Å². The predicted molar refractivity (Wildman–Crippen MR) is 154 cm³/mol. The summed E-state index contributed by atoms with van der Waals surface area (Å²) in [5.74, 6) is -3.40. The summed E-state index contributed by atoms with van der Waals surface area (Å²) in [6, 6.07) is 11.9. The monoisotopic (exact) mass is 566 g/mol. The number of carbonyl (C=O) groups is 4. The second-order valence-electron chi connectivity index (χ2n) is 9.85. The normalized spacial score (nSPS) is 14.0. The molecule has 3 rings (SSSR count). The number of aliphatic hydroxyl groups is 1. The van der Waals surface area contributed by atoms with Crippen molar-refractivity contribution in [2.24, 2.45) is 11.5 Å². The Bertz CT molecular complexity index is 1310. The molecular formula is C29H38N6O6. The first-order valence-corrected chi connectivity index (χ1v) is 13.5. The van der Waals surface area contributed by atoms with Crippen molar-refractivity contribution >= 4 is 34.6 Å². The van der Waals surface area contributed by atoms with Gasteiger partial charge in [0.15, 0.2) is 0 Å². The Labute approximate surface area is 237 Å². The number of carboxylic acid groups (broad SMARTS) is 1. The number of amides is 3. The lowest BCUT2D eigenvalue weighted by Crippen LogP contribution is -2.58. The Hall–Kier alpha value is -4.26. The number of nitrogens with two attached hydrogens (primary N) is 2. The highest BCUT2D eigenvalue weighted by Gasteiger charge is 2.30. The number of fused-ring (bicyclic) bond motifs is 1. The van der Waals surface area contributed by atoms with Crippen LogP contribution in [0.2, 0.25) is 0 Å². The number of carboxylic acids is 1. The second kappa shape index (κ2) is 15.5. The van der Waals surface area contributed by atoms with Crippen molar-refractivity contribution in [3.8, 4) is 0 Å². The molecule has 10 N–H and O–H groups in total. The van der Waals surface area contributed by atoms with Crippen LogP contribution in [0.5, 0.6) is 0 Å². The molecule has 0 saturated heterocycles. The van der Waals surface area contributed by atoms with Gasteiger partial charge in [-0.2, -0.15) is 0 Å². The van der Waals surface area contributed by atoms with Crippen molar-refractivity contribution in [2.75, 3.05) is 13.2 Å². The number of nitrogens with one attached hydrogen (secondary N) is 4. The zero-order chi connectivity index (χ0) is 29.8. The van der Waals surface area contributed by atoms with Crippen LogP contribution < -0.4 is 27.4 Å². The Morgan fingerprint density at radius 2 is 1.44 bits per heavy atom. The largest absolute Gasteiger partial charge is 0.480 e. The third-order valence-corrected chi connectivity index (χ3v) is 6.74. The average molecular weight is 567 g/mol. The lowest BCUT2D eigenvalue weighted by atomic mass is 10.0. The number of rotatable bonds is 16. The van der Waals surface area contributed by atoms with Crippen LogP contribution >= 0.6 is 0 Å². The molecule has 3 aromatic rings. The molecule has 1 heterocycles. The number of aliphatic carboxylic acids is 1. The van der Waals surface area contributed by atoms with E-state index in [0.29, 0.717) is 19.4 Å². The Morgan fingerprint density at radius 1 is 0.805 bits per heavy atom. The van der Waals surface area contributed by atoms with Crippen molar-refractivity contribution in [1.29, 1.82) is 0 Å². The molecule has 0 radical (unpaired) electrons. The summed E-state index contributed by atoms with van der Waals surface area (Å²) < 4.78 is 0. The summed E-state index contributed by atoms with van der Waals surface area (Å²) in [4.78, 5) is 54.1. The van der Waals surface area contributed by atoms with Crippen molar-refractivity contribution in [3.05, 3.63) is 71.9 Å². The van der Waals surface area contributed by atoms with Gasteiger partial charge in [-0.3, -0.25) is 14.4 Å². The van der Waals surface area contributed by atoms with E-state index in [9.17, 15) is 29.4 Å². The van der Waals surface area contributed by atoms with Gasteiger partial charge in [-0.15, -0.1) is 0 Å². The summed E-state index contributed by atoms with van der Waals surface area (Å²) in [5, 5.41) is 27.7. The van der Waals surface area contributed by atoms with E-state index in [1.54, 1.807) is 6.20 Å². The van der Waals surface area contributed by atoms with Crippen LogP contribution in [0.3, 0.4) is 0 Å². The number of aromatic amines is 1. The Balaban J connectivity index is 1.75. The molecule has 0 spiro atoms. The van der Waals surface area contributed by atoms with E-state index < -0.39 is 54.5 Å². The maximum absolute atomic E-state index is 13.4. The Kier molecular flexibility index (Phi) is 11.8. The van der Waals surface area contributed by atoms with Gasteiger partial charge in [0.05, 0.1) is 12.6 Å². The van der Waals surface area contributed by atoms with E-state index >= 15 is 0 Å². The number of carbonyl (C=O) groups excluding carboxylic acids is 3. The quantitative estimate of drug-likeness (QED) is 0.110. The van der Waals surface area contributed by atoms with Gasteiger partial charge in [0.2, 0.25) is 17.7 Å². The molecule has 0 saturated carbocycles. The third kappa shape index (κ3) is 9.13. The number of hydrogen-bond acceptors (Lipinski definition) is 7. The van der Waals surface area contributed by atoms with Gasteiger partial charge < -0.3 is 42.6 Å². The summed E-state index contributed by atoms with van der Waals surface area (Å²) in [7, 11) is 0. The minimum absolute atomic E-state index is 0.0657. The standard InChI is InChI=1S/C29H38N6O6/c30-13-7-6-12-23(29(40)41)33-28(39)25(17-36)35-27(38)24(15-19-16-32-22-11-5-4-10-20(19)22)34-26(37)21(31)14-18-8-2-1-3-9-18/h1-5,8-11,16,21,23-25,32,36H,6-7,12-15,17,30-31H2,(H,33,39)(H,34,37)(H,35,38)(H,40,41). The fourth-order valence-electron chi connectivity index (χ4n) is 4.46. The molecule has 220 valence electrons. The third-order valence-electron chi connectivity index (χ3n) is 6.74. The van der Waals surface area contributed by atoms with Crippen LogP contribution in [0.4, 0.5) is 0 Å².